The zero-order valence-corrected chi connectivity index (χ0v) is 52.0. The van der Waals surface area contributed by atoms with Crippen LogP contribution in [0.3, 0.4) is 0 Å². The third kappa shape index (κ3) is 15.2. The van der Waals surface area contributed by atoms with E-state index < -0.39 is 49.1 Å². The van der Waals surface area contributed by atoms with Gasteiger partial charge in [0.2, 0.25) is 0 Å². The molecule has 6 fully saturated rings. The van der Waals surface area contributed by atoms with Gasteiger partial charge in [0.05, 0.1) is 92.1 Å². The summed E-state index contributed by atoms with van der Waals surface area (Å²) in [5.74, 6) is -0.711. The molecule has 7 unspecified atom stereocenters. The number of rotatable bonds is 33. The molecule has 0 aliphatic carbocycles. The molecule has 0 saturated carbocycles. The van der Waals surface area contributed by atoms with Gasteiger partial charge in [-0.25, -0.2) is 0 Å². The molecule has 12 nitrogen and oxygen atoms in total. The highest BCUT2D eigenvalue weighted by Gasteiger charge is 2.59. The molecule has 0 aromatic heterocycles. The monoisotopic (exact) mass is 1100 g/mol. The fourth-order valence-corrected chi connectivity index (χ4v) is 22.6. The molecule has 0 aromatic rings. The maximum absolute atomic E-state index is 11.4. The first kappa shape index (κ1) is 63.3. The predicted molar refractivity (Wildman–Crippen MR) is 309 cm³/mol. The molecule has 6 aliphatic heterocycles. The second kappa shape index (κ2) is 28.7. The first-order chi connectivity index (χ1) is 35.9. The lowest BCUT2D eigenvalue weighted by molar-refractivity contribution is -0.256. The lowest BCUT2D eigenvalue weighted by Crippen LogP contribution is -2.58. The second-order valence-electron chi connectivity index (χ2n) is 23.9. The van der Waals surface area contributed by atoms with E-state index >= 15 is 0 Å². The molecule has 6 aliphatic rings. The number of aliphatic hydroxyl groups is 2. The van der Waals surface area contributed by atoms with Gasteiger partial charge in [-0.15, -0.1) is 13.2 Å². The molecule has 4 bridgehead atoms. The lowest BCUT2D eigenvalue weighted by atomic mass is 9.81. The van der Waals surface area contributed by atoms with Crippen LogP contribution >= 0.6 is 0 Å². The summed E-state index contributed by atoms with van der Waals surface area (Å²) in [5, 5.41) is 22.7. The molecule has 2 N–H and O–H groups in total. The van der Waals surface area contributed by atoms with Crippen molar-refractivity contribution < 1.29 is 56.6 Å². The summed E-state index contributed by atoms with van der Waals surface area (Å²) in [6.45, 7) is 40.5. The first-order valence-corrected chi connectivity index (χ1v) is 38.0. The standard InChI is InChI=1S/C60H108O12Si3/c1-16-27-44(61)35-48-53(68-54(57(48)63-15)36-47(71-74(21-6,22-7)23-8)40-64-73(18-3,19-4)20-5)37-52-43(14)41(12)33-45(66-52)29-30-50-42(13)34-46(65-50)31-32-60-39-49(62)58(70-60)55-38-56(69-60)59(51(67-55)28-17-2)72-75(24-9,25-10)26-11/h16-17,41,44-59,61-62H,1-2,13-14,18-40H2,3-12,15H3/t41?,44?,45?,46?,47-,48?,49?,50-,51-,52+,53-,54+,55+,56+,57+,58-,59?,60+/m0/s1. The fraction of sp³-hybridized carbons (Fsp3) is 0.867. The Bertz CT molecular complexity index is 1770. The molecule has 0 amide bonds. The maximum Gasteiger partial charge on any atom is 0.192 e. The Labute approximate surface area is 459 Å². The molecule has 6 rings (SSSR count). The van der Waals surface area contributed by atoms with E-state index in [1.807, 2.05) is 6.08 Å². The van der Waals surface area contributed by atoms with Gasteiger partial charge in [-0.3, -0.25) is 0 Å². The minimum atomic E-state index is -2.00. The van der Waals surface area contributed by atoms with Gasteiger partial charge in [-0.2, -0.15) is 0 Å². The number of aliphatic hydroxyl groups excluding tert-OH is 2. The number of hydrogen-bond donors (Lipinski definition) is 2. The summed E-state index contributed by atoms with van der Waals surface area (Å²) in [5.41, 5.74) is 2.22. The fourth-order valence-electron chi connectivity index (χ4n) is 14.2. The van der Waals surface area contributed by atoms with Crippen molar-refractivity contribution in [3.63, 3.8) is 0 Å². The minimum absolute atomic E-state index is 0.0240. The zero-order chi connectivity index (χ0) is 54.7. The van der Waals surface area contributed by atoms with Gasteiger partial charge in [-0.05, 0) is 123 Å². The lowest BCUT2D eigenvalue weighted by Gasteiger charge is -2.47. The van der Waals surface area contributed by atoms with Crippen LogP contribution in [-0.2, 0) is 46.4 Å². The third-order valence-corrected chi connectivity index (χ3v) is 33.8. The van der Waals surface area contributed by atoms with Crippen LogP contribution in [0, 0.1) is 11.8 Å². The summed E-state index contributed by atoms with van der Waals surface area (Å²) in [6.07, 6.45) is 8.94. The molecule has 0 aromatic carbocycles. The number of hydrogen-bond acceptors (Lipinski definition) is 12. The van der Waals surface area contributed by atoms with Gasteiger partial charge in [0, 0.05) is 45.1 Å². The van der Waals surface area contributed by atoms with Crippen LogP contribution in [0.25, 0.3) is 0 Å². The smallest absolute Gasteiger partial charge is 0.192 e. The van der Waals surface area contributed by atoms with Crippen molar-refractivity contribution >= 4 is 25.0 Å². The molecule has 0 radical (unpaired) electrons. The quantitative estimate of drug-likeness (QED) is 0.0479. The highest BCUT2D eigenvalue weighted by atomic mass is 28.4. The topological polar surface area (TPSA) is 133 Å². The van der Waals surface area contributed by atoms with E-state index in [2.05, 4.69) is 95.6 Å². The van der Waals surface area contributed by atoms with Crippen molar-refractivity contribution in [1.82, 2.24) is 0 Å². The molecule has 6 saturated heterocycles. The van der Waals surface area contributed by atoms with Crippen LogP contribution in [0.15, 0.2) is 49.6 Å². The van der Waals surface area contributed by atoms with E-state index in [0.717, 1.165) is 97.6 Å². The Morgan fingerprint density at radius 1 is 0.707 bits per heavy atom. The average molecular weight is 1110 g/mol. The van der Waals surface area contributed by atoms with E-state index in [0.29, 0.717) is 58.0 Å². The zero-order valence-electron chi connectivity index (χ0n) is 49.0. The Kier molecular flexibility index (Phi) is 24.2. The summed E-state index contributed by atoms with van der Waals surface area (Å²) in [6, 6.07) is 9.61. The summed E-state index contributed by atoms with van der Waals surface area (Å²) < 4.78 is 69.6. The molecule has 432 valence electrons. The molecule has 18 atom stereocenters. The summed E-state index contributed by atoms with van der Waals surface area (Å²) in [7, 11) is -4.08. The predicted octanol–water partition coefficient (Wildman–Crippen LogP) is 12.9. The van der Waals surface area contributed by atoms with Crippen molar-refractivity contribution in [2.45, 2.75) is 304 Å². The van der Waals surface area contributed by atoms with Crippen molar-refractivity contribution in [2.24, 2.45) is 11.8 Å². The summed E-state index contributed by atoms with van der Waals surface area (Å²) in [4.78, 5) is 0. The van der Waals surface area contributed by atoms with E-state index in [4.69, 9.17) is 46.4 Å². The van der Waals surface area contributed by atoms with E-state index in [1.165, 1.54) is 0 Å². The van der Waals surface area contributed by atoms with Crippen molar-refractivity contribution in [3.8, 4) is 0 Å². The van der Waals surface area contributed by atoms with Crippen LogP contribution < -0.4 is 0 Å². The van der Waals surface area contributed by atoms with Gasteiger partial charge >= 0.3 is 0 Å². The molecule has 15 heteroatoms. The van der Waals surface area contributed by atoms with E-state index in [9.17, 15) is 10.2 Å². The minimum Gasteiger partial charge on any atom is -0.414 e. The Hall–Kier alpha value is -0.869. The highest BCUT2D eigenvalue weighted by Crippen LogP contribution is 2.49. The van der Waals surface area contributed by atoms with Crippen molar-refractivity contribution in [3.05, 3.63) is 49.6 Å². The molecular formula is C60H108O12Si3. The van der Waals surface area contributed by atoms with Crippen LogP contribution in [-0.4, -0.2) is 146 Å². The van der Waals surface area contributed by atoms with Crippen molar-refractivity contribution in [2.75, 3.05) is 13.7 Å². The van der Waals surface area contributed by atoms with Crippen LogP contribution in [0.4, 0.5) is 0 Å². The molecule has 75 heavy (non-hydrogen) atoms. The van der Waals surface area contributed by atoms with Gasteiger partial charge < -0.3 is 56.6 Å². The van der Waals surface area contributed by atoms with Crippen molar-refractivity contribution in [1.29, 1.82) is 0 Å². The Morgan fingerprint density at radius 2 is 1.36 bits per heavy atom. The second-order valence-corrected chi connectivity index (χ2v) is 38.1. The summed E-state index contributed by atoms with van der Waals surface area (Å²) >= 11 is 0. The van der Waals surface area contributed by atoms with Gasteiger partial charge in [0.15, 0.2) is 30.7 Å². The Morgan fingerprint density at radius 3 is 1.97 bits per heavy atom. The largest absolute Gasteiger partial charge is 0.414 e. The highest BCUT2D eigenvalue weighted by molar-refractivity contribution is 6.74. The van der Waals surface area contributed by atoms with Crippen LogP contribution in [0.2, 0.25) is 54.4 Å². The third-order valence-electron chi connectivity index (χ3n) is 19.8. The van der Waals surface area contributed by atoms with Crippen LogP contribution in [0.1, 0.15) is 153 Å². The van der Waals surface area contributed by atoms with E-state index in [-0.39, 0.29) is 85.1 Å². The molecular weight excluding hydrogens is 997 g/mol. The number of ether oxygens (including phenoxy) is 7. The molecule has 6 heterocycles. The van der Waals surface area contributed by atoms with Gasteiger partial charge in [-0.1, -0.05) is 94.5 Å². The van der Waals surface area contributed by atoms with E-state index in [1.54, 1.807) is 13.2 Å². The van der Waals surface area contributed by atoms with Gasteiger partial charge in [0.25, 0.3) is 0 Å². The molecule has 0 spiro atoms. The first-order valence-electron chi connectivity index (χ1n) is 30.4. The average Bonchev–Trinajstić information content (AvgIpc) is 4.02. The number of fused-ring (bicyclic) bond motifs is 5. The Balaban J connectivity index is 1.10. The van der Waals surface area contributed by atoms with Crippen LogP contribution in [0.5, 0.6) is 0 Å². The normalized spacial score (nSPS) is 36.2. The SMILES string of the molecule is C=CCC(O)CC1[C@H](C[C@H]2OC(CC[C@@H]3OC(CC[C@]45CC(O)[C@H](O4)[C@H]4C[C@@H](O5)C(O[Si](CC)(CC)CC)[C@H](CC=C)O4)CC3=C)CC(C)C2=C)O[C@H](C[C@@H](CO[Si](CC)(CC)CC)O[Si](CC)(CC)CC)[C@@H]1OC. The van der Waals surface area contributed by atoms with Gasteiger partial charge in [0.1, 0.15) is 6.10 Å². The number of methoxy groups -OCH3 is 1. The maximum atomic E-state index is 11.4.